The molecule has 0 saturated carbocycles. The summed E-state index contributed by atoms with van der Waals surface area (Å²) in [4.78, 5) is 27.2. The third-order valence-corrected chi connectivity index (χ3v) is 6.33. The van der Waals surface area contributed by atoms with Gasteiger partial charge in [-0.05, 0) is 42.2 Å². The first kappa shape index (κ1) is 25.5. The Morgan fingerprint density at radius 2 is 1.81 bits per heavy atom. The first-order valence-electron chi connectivity index (χ1n) is 10.0. The Morgan fingerprint density at radius 3 is 2.45 bits per heavy atom. The van der Waals surface area contributed by atoms with Crippen molar-refractivity contribution < 1.29 is 14.0 Å². The van der Waals surface area contributed by atoms with Gasteiger partial charge in [0.1, 0.15) is 11.9 Å². The summed E-state index contributed by atoms with van der Waals surface area (Å²) < 4.78 is 13.8. The summed E-state index contributed by atoms with van der Waals surface area (Å²) in [6, 6.07) is 10.9. The van der Waals surface area contributed by atoms with E-state index in [1.807, 2.05) is 13.8 Å². The van der Waals surface area contributed by atoms with Gasteiger partial charge in [0.05, 0.1) is 15.8 Å². The van der Waals surface area contributed by atoms with E-state index in [9.17, 15) is 14.0 Å². The summed E-state index contributed by atoms with van der Waals surface area (Å²) in [5.41, 5.74) is 1.31. The highest BCUT2D eigenvalue weighted by Crippen LogP contribution is 2.24. The Bertz CT molecular complexity index is 911. The number of hydrogen-bond acceptors (Lipinski definition) is 3. The highest BCUT2D eigenvalue weighted by molar-refractivity contribution is 7.99. The van der Waals surface area contributed by atoms with E-state index in [1.165, 1.54) is 22.7 Å². The Hall–Kier alpha value is -1.76. The van der Waals surface area contributed by atoms with Gasteiger partial charge in [0.2, 0.25) is 11.8 Å². The fraction of sp³-hybridized carbons (Fsp3) is 0.391. The maximum Gasteiger partial charge on any atom is 0.242 e. The Labute approximate surface area is 197 Å². The van der Waals surface area contributed by atoms with Gasteiger partial charge in [-0.1, -0.05) is 61.3 Å². The first-order chi connectivity index (χ1) is 14.7. The van der Waals surface area contributed by atoms with Gasteiger partial charge in [-0.2, -0.15) is 0 Å². The summed E-state index contributed by atoms with van der Waals surface area (Å²) in [6.45, 7) is 6.45. The fourth-order valence-corrected chi connectivity index (χ4v) is 4.03. The van der Waals surface area contributed by atoms with E-state index in [0.717, 1.165) is 5.56 Å². The van der Waals surface area contributed by atoms with Crippen molar-refractivity contribution in [2.45, 2.75) is 39.1 Å². The normalized spacial score (nSPS) is 12.0. The molecule has 8 heteroatoms. The van der Waals surface area contributed by atoms with Crippen LogP contribution in [0.2, 0.25) is 10.0 Å². The number of halogens is 3. The molecule has 0 spiro atoms. The minimum Gasteiger partial charge on any atom is -0.354 e. The second kappa shape index (κ2) is 12.3. The van der Waals surface area contributed by atoms with Crippen LogP contribution in [0, 0.1) is 11.7 Å². The van der Waals surface area contributed by atoms with Crippen LogP contribution in [-0.2, 0) is 21.9 Å². The zero-order valence-corrected chi connectivity index (χ0v) is 20.2. The van der Waals surface area contributed by atoms with Crippen LogP contribution >= 0.6 is 35.0 Å². The van der Waals surface area contributed by atoms with Crippen molar-refractivity contribution in [2.24, 2.45) is 5.92 Å². The highest BCUT2D eigenvalue weighted by atomic mass is 35.5. The molecular weight excluding hydrogens is 458 g/mol. The van der Waals surface area contributed by atoms with Crippen LogP contribution in [0.5, 0.6) is 0 Å². The summed E-state index contributed by atoms with van der Waals surface area (Å²) in [5, 5.41) is 3.69. The van der Waals surface area contributed by atoms with Crippen molar-refractivity contribution in [3.8, 4) is 0 Å². The average molecular weight is 485 g/mol. The third kappa shape index (κ3) is 8.02. The first-order valence-corrected chi connectivity index (χ1v) is 11.9. The van der Waals surface area contributed by atoms with Crippen molar-refractivity contribution in [3.05, 3.63) is 69.5 Å². The molecule has 2 rings (SSSR count). The number of rotatable bonds is 10. The molecule has 31 heavy (non-hydrogen) atoms. The van der Waals surface area contributed by atoms with Crippen LogP contribution in [0.3, 0.4) is 0 Å². The van der Waals surface area contributed by atoms with Crippen LogP contribution < -0.4 is 5.32 Å². The number of nitrogens with zero attached hydrogens (tertiary/aromatic N) is 1. The molecule has 168 valence electrons. The zero-order chi connectivity index (χ0) is 23.0. The Balaban J connectivity index is 2.10. The number of benzene rings is 2. The fourth-order valence-electron chi connectivity index (χ4n) is 2.82. The van der Waals surface area contributed by atoms with Gasteiger partial charge in [-0.15, -0.1) is 11.8 Å². The minimum atomic E-state index is -0.672. The molecule has 0 saturated heterocycles. The second-order valence-corrected chi connectivity index (χ2v) is 9.47. The van der Waals surface area contributed by atoms with E-state index in [4.69, 9.17) is 23.2 Å². The lowest BCUT2D eigenvalue weighted by Crippen LogP contribution is -2.48. The van der Waals surface area contributed by atoms with Crippen LogP contribution in [0.25, 0.3) is 0 Å². The van der Waals surface area contributed by atoms with Crippen molar-refractivity contribution in [1.29, 1.82) is 0 Å². The van der Waals surface area contributed by atoms with Crippen LogP contribution in [-0.4, -0.2) is 35.1 Å². The molecule has 1 atom stereocenters. The SMILES string of the molecule is CC(C)CNC(=O)[C@@H](C)N(Cc1ccc(Cl)c(Cl)c1)C(=O)CSCc1ccccc1F. The summed E-state index contributed by atoms with van der Waals surface area (Å²) in [7, 11) is 0. The van der Waals surface area contributed by atoms with Gasteiger partial charge in [0.15, 0.2) is 0 Å². The van der Waals surface area contributed by atoms with Crippen molar-refractivity contribution in [1.82, 2.24) is 10.2 Å². The molecule has 0 heterocycles. The molecule has 0 aliphatic carbocycles. The summed E-state index contributed by atoms with van der Waals surface area (Å²) >= 11 is 13.4. The van der Waals surface area contributed by atoms with E-state index in [0.29, 0.717) is 33.8 Å². The molecule has 0 bridgehead atoms. The zero-order valence-electron chi connectivity index (χ0n) is 17.8. The van der Waals surface area contributed by atoms with E-state index < -0.39 is 6.04 Å². The molecule has 2 aromatic carbocycles. The van der Waals surface area contributed by atoms with Crippen molar-refractivity contribution in [3.63, 3.8) is 0 Å². The smallest absolute Gasteiger partial charge is 0.242 e. The molecule has 0 aromatic heterocycles. The molecule has 4 nitrogen and oxygen atoms in total. The summed E-state index contributed by atoms with van der Waals surface area (Å²) in [6.07, 6.45) is 0. The maximum atomic E-state index is 13.8. The number of amides is 2. The van der Waals surface area contributed by atoms with Gasteiger partial charge in [0.25, 0.3) is 0 Å². The molecule has 2 aromatic rings. The largest absolute Gasteiger partial charge is 0.354 e. The van der Waals surface area contributed by atoms with Crippen molar-refractivity contribution in [2.75, 3.05) is 12.3 Å². The second-order valence-electron chi connectivity index (χ2n) is 7.67. The Kier molecular flexibility index (Phi) is 10.1. The lowest BCUT2D eigenvalue weighted by atomic mass is 10.1. The standard InChI is InChI=1S/C23H27Cl2FN2O2S/c1-15(2)11-27-23(30)16(3)28(12-17-8-9-19(24)20(25)10-17)22(29)14-31-13-18-6-4-5-7-21(18)26/h4-10,15-16H,11-14H2,1-3H3,(H,27,30)/t16-/m1/s1. The molecule has 0 radical (unpaired) electrons. The molecular formula is C23H27Cl2FN2O2S. The van der Waals surface area contributed by atoms with Crippen molar-refractivity contribution >= 4 is 46.8 Å². The number of carbonyl (C=O) groups excluding carboxylic acids is 2. The number of hydrogen-bond donors (Lipinski definition) is 1. The highest BCUT2D eigenvalue weighted by Gasteiger charge is 2.26. The molecule has 0 fully saturated rings. The van der Waals surface area contributed by atoms with E-state index in [-0.39, 0.29) is 29.9 Å². The predicted molar refractivity (Wildman–Crippen MR) is 127 cm³/mol. The van der Waals surface area contributed by atoms with E-state index in [2.05, 4.69) is 5.32 Å². The lowest BCUT2D eigenvalue weighted by molar-refractivity contribution is -0.138. The summed E-state index contributed by atoms with van der Waals surface area (Å²) in [5.74, 6) is 0.0637. The topological polar surface area (TPSA) is 49.4 Å². The minimum absolute atomic E-state index is 0.122. The van der Waals surface area contributed by atoms with Gasteiger partial charge in [-0.25, -0.2) is 4.39 Å². The van der Waals surface area contributed by atoms with E-state index in [1.54, 1.807) is 43.3 Å². The lowest BCUT2D eigenvalue weighted by Gasteiger charge is -2.29. The van der Waals surface area contributed by atoms with Gasteiger partial charge in [-0.3, -0.25) is 9.59 Å². The van der Waals surface area contributed by atoms with Crippen LogP contribution in [0.1, 0.15) is 31.9 Å². The number of nitrogens with one attached hydrogen (secondary N) is 1. The van der Waals surface area contributed by atoms with Gasteiger partial charge < -0.3 is 10.2 Å². The molecule has 2 amide bonds. The van der Waals surface area contributed by atoms with Crippen LogP contribution in [0.15, 0.2) is 42.5 Å². The monoisotopic (exact) mass is 484 g/mol. The molecule has 1 N–H and O–H groups in total. The third-order valence-electron chi connectivity index (χ3n) is 4.63. The average Bonchev–Trinajstić information content (AvgIpc) is 2.73. The number of carbonyl (C=O) groups is 2. The number of thioether (sulfide) groups is 1. The molecule has 0 aliphatic heterocycles. The quantitative estimate of drug-likeness (QED) is 0.480. The predicted octanol–water partition coefficient (Wildman–Crippen LogP) is 5.56. The Morgan fingerprint density at radius 1 is 1.10 bits per heavy atom. The molecule has 0 unspecified atom stereocenters. The maximum absolute atomic E-state index is 13.8. The van der Waals surface area contributed by atoms with Crippen LogP contribution in [0.4, 0.5) is 4.39 Å². The van der Waals surface area contributed by atoms with Gasteiger partial charge in [0, 0.05) is 18.8 Å². The van der Waals surface area contributed by atoms with Gasteiger partial charge >= 0.3 is 0 Å². The van der Waals surface area contributed by atoms with E-state index >= 15 is 0 Å². The molecule has 0 aliphatic rings.